The van der Waals surface area contributed by atoms with Gasteiger partial charge < -0.3 is 77.3 Å². The minimum atomic E-state index is -5.30. The van der Waals surface area contributed by atoms with Gasteiger partial charge in [0.05, 0.1) is 26.4 Å². The molecule has 4 bridgehead atoms. The van der Waals surface area contributed by atoms with Gasteiger partial charge in [-0.1, -0.05) is 256 Å². The Bertz CT molecular complexity index is 3270. The first-order chi connectivity index (χ1) is 45.6. The van der Waals surface area contributed by atoms with Crippen LogP contribution < -0.4 is 41.5 Å². The lowest BCUT2D eigenvalue weighted by Crippen LogP contribution is -2.90. The largest absolute Gasteiger partial charge is 0.515 e. The fraction of sp³-hybridized carbons (Fsp3) is 0.250. The molecule has 0 saturated carbocycles. The molecule has 0 aliphatic carbocycles. The van der Waals surface area contributed by atoms with Gasteiger partial charge in [-0.2, -0.15) is 0 Å². The number of fused-ring (bicyclic) bond motifs is 4. The lowest BCUT2D eigenvalue weighted by Gasteiger charge is -2.57. The maximum Gasteiger partial charge on any atom is 0.515 e. The van der Waals surface area contributed by atoms with Crippen molar-refractivity contribution in [3.05, 3.63) is 243 Å². The normalized spacial score (nSPS) is 27.7. The lowest BCUT2D eigenvalue weighted by atomic mass is 10.4. The van der Waals surface area contributed by atoms with Crippen molar-refractivity contribution in [1.82, 2.24) is 0 Å². The highest BCUT2D eigenvalue weighted by atomic mass is 28.6. The van der Waals surface area contributed by atoms with Gasteiger partial charge >= 0.3 is 70.4 Å². The molecule has 4 aliphatic heterocycles. The van der Waals surface area contributed by atoms with Crippen LogP contribution in [-0.2, 0) is 67.1 Å². The summed E-state index contributed by atoms with van der Waals surface area (Å²) in [5, 5.41) is 23.7. The number of hydrogen-bond donors (Lipinski definition) is 2. The highest BCUT2D eigenvalue weighted by Gasteiger charge is 2.80. The van der Waals surface area contributed by atoms with Crippen LogP contribution in [-0.4, -0.2) is 156 Å². The third-order valence-corrected chi connectivity index (χ3v) is 60.7. The molecule has 4 aliphatic rings. The summed E-state index contributed by atoms with van der Waals surface area (Å²) >= 11 is 0. The van der Waals surface area contributed by atoms with E-state index in [9.17, 15) is 10.2 Å². The molecule has 4 heterocycles. The second kappa shape index (κ2) is 31.2. The molecule has 0 amide bonds. The molecule has 2 N–H and O–H groups in total. The first kappa shape index (κ1) is 70.9. The average Bonchev–Trinajstić information content (AvgIpc) is 0.689. The summed E-state index contributed by atoms with van der Waals surface area (Å²) in [6, 6.07) is 78.8. The zero-order chi connectivity index (χ0) is 65.7. The molecule has 30 heteroatoms. The van der Waals surface area contributed by atoms with Crippen molar-refractivity contribution in [1.29, 1.82) is 0 Å². The number of hydrogen-bond acceptors (Lipinski definition) is 18. The van der Waals surface area contributed by atoms with Gasteiger partial charge in [0.15, 0.2) is 16.6 Å². The summed E-state index contributed by atoms with van der Waals surface area (Å²) in [6.45, 7) is 13.6. The van der Waals surface area contributed by atoms with E-state index in [4.69, 9.17) is 67.1 Å². The SMILES string of the molecule is C[SiH2]O[Si]1(c2ccccc2)O[Si]2(c3ccccc3)O[Si](O[Si](C)(C)CCCOCCO)(c3ccccc3)O[Si](c3ccccc3)(O1)O[Si]1(c3ccccc3)O[Si](O[SiH2]C)(c3ccccc3)O[Si](c3ccccc3)(O[Si](O[Si](C)(C)CCCOCCO)(c3ccccc3)O1)O2. The van der Waals surface area contributed by atoms with E-state index in [1.807, 2.05) is 256 Å². The molecular formula is C64H84O18Si12. The standard InChI is InChI=1S/C64H84O18Si12/c1-83-69-87(57-33-15-7-16-34-57)73-91(61-41-23-11-24-42-61)77-89(59-37-19-9-20-38-59,71-85(3,4)55-31-51-67-53-49-65)78-92(74-87,62-43-25-12-26-44-62)82-94(64-47-29-14-30-48-64)76-88(70-84-2,58-35-17-8-18-36-58)75-93(81-91,63-45-27-13-28-46-63)79-90(80-94,60-39-21-10-22-40-60)72-86(5,6)56-32-52-68-54-50-66/h7-30,33-48,65-66H,31-32,49-56,83-84H2,1-6H3. The number of rotatable bonds is 28. The van der Waals surface area contributed by atoms with Gasteiger partial charge in [0.2, 0.25) is 0 Å². The molecule has 0 aromatic heterocycles. The van der Waals surface area contributed by atoms with Gasteiger partial charge in [0.1, 0.15) is 19.5 Å². The first-order valence-electron chi connectivity index (χ1n) is 32.1. The molecule has 496 valence electrons. The summed E-state index contributed by atoms with van der Waals surface area (Å²) in [5.41, 5.74) is 0. The predicted octanol–water partition coefficient (Wildman–Crippen LogP) is 4.50. The number of benzene rings is 8. The predicted molar refractivity (Wildman–Crippen MR) is 388 cm³/mol. The minimum absolute atomic E-state index is 0.105. The van der Waals surface area contributed by atoms with E-state index < -0.39 is 107 Å². The molecule has 18 nitrogen and oxygen atoms in total. The second-order valence-electron chi connectivity index (χ2n) is 23.9. The molecule has 0 radical (unpaired) electrons. The van der Waals surface area contributed by atoms with E-state index in [0.29, 0.717) is 79.6 Å². The fourth-order valence-corrected chi connectivity index (χ4v) is 67.9. The maximum atomic E-state index is 9.78. The molecule has 4 atom stereocenters. The summed E-state index contributed by atoms with van der Waals surface area (Å²) < 4.78 is 130. The number of ether oxygens (including phenoxy) is 2. The Balaban J connectivity index is 1.37. The van der Waals surface area contributed by atoms with Gasteiger partial charge in [0.25, 0.3) is 0 Å². The van der Waals surface area contributed by atoms with Crippen molar-refractivity contribution in [3.8, 4) is 0 Å². The highest BCUT2D eigenvalue weighted by molar-refractivity contribution is 7.11. The summed E-state index contributed by atoms with van der Waals surface area (Å²) in [5.74, 6) is 0. The molecule has 8 aromatic carbocycles. The van der Waals surface area contributed by atoms with Crippen LogP contribution in [0.5, 0.6) is 0 Å². The van der Waals surface area contributed by atoms with Crippen molar-refractivity contribution >= 4 is 148 Å². The van der Waals surface area contributed by atoms with Gasteiger partial charge in [-0.15, -0.1) is 0 Å². The fourth-order valence-electron chi connectivity index (χ4n) is 11.6. The Labute approximate surface area is 567 Å². The Morgan fingerprint density at radius 2 is 0.511 bits per heavy atom. The van der Waals surface area contributed by atoms with Crippen LogP contribution in [0.3, 0.4) is 0 Å². The Morgan fingerprint density at radius 1 is 0.298 bits per heavy atom. The van der Waals surface area contributed by atoms with Crippen LogP contribution in [0.2, 0.25) is 51.4 Å². The number of aliphatic hydroxyl groups excluding tert-OH is 2. The smallest absolute Gasteiger partial charge is 0.419 e. The van der Waals surface area contributed by atoms with Crippen LogP contribution in [0.1, 0.15) is 12.8 Å². The van der Waals surface area contributed by atoms with Gasteiger partial charge in [-0.3, -0.25) is 0 Å². The Hall–Kier alpha value is -4.36. The monoisotopic (exact) mass is 1480 g/mol. The highest BCUT2D eigenvalue weighted by Crippen LogP contribution is 2.44. The van der Waals surface area contributed by atoms with Crippen molar-refractivity contribution in [2.24, 2.45) is 0 Å². The van der Waals surface area contributed by atoms with E-state index in [1.54, 1.807) is 0 Å². The maximum absolute atomic E-state index is 9.78. The van der Waals surface area contributed by atoms with E-state index >= 15 is 0 Å². The minimum Gasteiger partial charge on any atom is -0.419 e. The van der Waals surface area contributed by atoms with Crippen LogP contribution in [0.25, 0.3) is 0 Å². The van der Waals surface area contributed by atoms with Crippen molar-refractivity contribution < 1.29 is 77.3 Å². The summed E-state index contributed by atoms with van der Waals surface area (Å²) in [7, 11) is -50.3. The molecule has 94 heavy (non-hydrogen) atoms. The Kier molecular flexibility index (Phi) is 23.6. The molecule has 0 spiro atoms. The Morgan fingerprint density at radius 3 is 0.734 bits per heavy atom. The van der Waals surface area contributed by atoms with Gasteiger partial charge in [0, 0.05) is 54.7 Å². The van der Waals surface area contributed by atoms with E-state index in [2.05, 4.69) is 26.2 Å². The van der Waals surface area contributed by atoms with Crippen molar-refractivity contribution in [3.63, 3.8) is 0 Å². The van der Waals surface area contributed by atoms with Crippen LogP contribution >= 0.6 is 0 Å². The van der Waals surface area contributed by atoms with Crippen LogP contribution in [0.4, 0.5) is 0 Å². The lowest BCUT2D eigenvalue weighted by molar-refractivity contribution is 0.0491. The van der Waals surface area contributed by atoms with Crippen LogP contribution in [0, 0.1) is 0 Å². The third kappa shape index (κ3) is 15.9. The quantitative estimate of drug-likeness (QED) is 0.0515. The molecule has 4 saturated heterocycles. The first-order valence-corrected chi connectivity index (χ1v) is 56.1. The summed E-state index contributed by atoms with van der Waals surface area (Å²) in [6.07, 6.45) is 1.18. The molecule has 4 unspecified atom stereocenters. The zero-order valence-corrected chi connectivity index (χ0v) is 66.8. The van der Waals surface area contributed by atoms with Crippen molar-refractivity contribution in [2.75, 3.05) is 39.6 Å². The van der Waals surface area contributed by atoms with E-state index in [-0.39, 0.29) is 26.4 Å². The van der Waals surface area contributed by atoms with E-state index in [0.717, 1.165) is 0 Å². The topological polar surface area (TPSA) is 188 Å². The molecular weight excluding hydrogens is 1390 g/mol. The van der Waals surface area contributed by atoms with E-state index in [1.165, 1.54) is 0 Å². The molecule has 8 aromatic rings. The number of aliphatic hydroxyl groups is 2. The van der Waals surface area contributed by atoms with Gasteiger partial charge in [-0.05, 0) is 51.1 Å². The zero-order valence-electron chi connectivity index (χ0n) is 54.0. The van der Waals surface area contributed by atoms with Crippen molar-refractivity contribution in [2.45, 2.75) is 64.2 Å². The van der Waals surface area contributed by atoms with Gasteiger partial charge in [-0.25, -0.2) is 0 Å². The molecule has 12 rings (SSSR count). The second-order valence-corrected chi connectivity index (χ2v) is 58.7. The average molecular weight is 1480 g/mol. The molecule has 4 fully saturated rings. The van der Waals surface area contributed by atoms with Crippen LogP contribution in [0.15, 0.2) is 243 Å². The summed E-state index contributed by atoms with van der Waals surface area (Å²) in [4.78, 5) is 0. The third-order valence-electron chi connectivity index (χ3n) is 15.8.